The van der Waals surface area contributed by atoms with Gasteiger partial charge >= 0.3 is 5.97 Å². The van der Waals surface area contributed by atoms with Gasteiger partial charge < -0.3 is 10.1 Å². The van der Waals surface area contributed by atoms with Crippen molar-refractivity contribution in [1.82, 2.24) is 5.32 Å². The Morgan fingerprint density at radius 1 is 1.38 bits per heavy atom. The van der Waals surface area contributed by atoms with Gasteiger partial charge in [-0.15, -0.1) is 0 Å². The van der Waals surface area contributed by atoms with E-state index in [4.69, 9.17) is 16.3 Å². The Morgan fingerprint density at radius 2 is 2.08 bits per heavy atom. The third kappa shape index (κ3) is 5.24. The average molecular weight is 370 g/mol. The van der Waals surface area contributed by atoms with Crippen LogP contribution in [0.3, 0.4) is 0 Å². The van der Waals surface area contributed by atoms with Gasteiger partial charge in [0, 0.05) is 17.0 Å². The van der Waals surface area contributed by atoms with Crippen molar-refractivity contribution in [3.8, 4) is 0 Å². The van der Waals surface area contributed by atoms with Crippen molar-refractivity contribution in [2.45, 2.75) is 37.8 Å². The van der Waals surface area contributed by atoms with E-state index in [1.807, 2.05) is 6.26 Å². The number of amides is 1. The number of Topliss-reactive ketones (excluding diaryl/α,β-unsaturated/α-hetero) is 1. The van der Waals surface area contributed by atoms with Crippen molar-refractivity contribution >= 4 is 41.0 Å². The lowest BCUT2D eigenvalue weighted by atomic mass is 10.1. The summed E-state index contributed by atoms with van der Waals surface area (Å²) in [7, 11) is 0. The molecular formula is C17H20ClNO4S. The van der Waals surface area contributed by atoms with Gasteiger partial charge in [-0.2, -0.15) is 11.8 Å². The highest BCUT2D eigenvalue weighted by Gasteiger charge is 2.31. The molecule has 1 amide bonds. The van der Waals surface area contributed by atoms with Crippen LogP contribution < -0.4 is 5.32 Å². The van der Waals surface area contributed by atoms with Crippen LogP contribution in [-0.2, 0) is 14.3 Å². The third-order valence-electron chi connectivity index (χ3n) is 3.81. The molecule has 0 bridgehead atoms. The highest BCUT2D eigenvalue weighted by molar-refractivity contribution is 7.98. The van der Waals surface area contributed by atoms with Gasteiger partial charge in [0.15, 0.2) is 11.9 Å². The van der Waals surface area contributed by atoms with Gasteiger partial charge in [-0.05, 0) is 55.5 Å². The summed E-state index contributed by atoms with van der Waals surface area (Å²) in [6.07, 6.45) is 3.45. The molecule has 7 heteroatoms. The number of hydrogen-bond donors (Lipinski definition) is 1. The Bertz CT molecular complexity index is 605. The molecule has 130 valence electrons. The van der Waals surface area contributed by atoms with Gasteiger partial charge in [0.2, 0.25) is 0 Å². The largest absolute Gasteiger partial charge is 0.453 e. The van der Waals surface area contributed by atoms with Crippen LogP contribution in [0.4, 0.5) is 0 Å². The van der Waals surface area contributed by atoms with Crippen LogP contribution in [0.5, 0.6) is 0 Å². The number of hydrogen-bond acceptors (Lipinski definition) is 5. The van der Waals surface area contributed by atoms with Crippen LogP contribution in [0, 0.1) is 0 Å². The number of halogens is 1. The van der Waals surface area contributed by atoms with Crippen molar-refractivity contribution < 1.29 is 19.1 Å². The standard InChI is InChI=1S/C17H20ClNO4S/c1-24-10-9-13(17(22)23-15-4-2-3-14(15)20)19-16(21)11-5-7-12(18)8-6-11/h5-8,13,15H,2-4,9-10H2,1H3,(H,19,21)/t13-,15+/m1/s1. The van der Waals surface area contributed by atoms with E-state index in [1.54, 1.807) is 36.0 Å². The Morgan fingerprint density at radius 3 is 2.67 bits per heavy atom. The van der Waals surface area contributed by atoms with E-state index in [0.29, 0.717) is 35.6 Å². The van der Waals surface area contributed by atoms with Crippen LogP contribution >= 0.6 is 23.4 Å². The fourth-order valence-corrected chi connectivity index (χ4v) is 3.06. The molecule has 0 aliphatic heterocycles. The van der Waals surface area contributed by atoms with E-state index < -0.39 is 18.1 Å². The SMILES string of the molecule is CSCC[C@@H](NC(=O)c1ccc(Cl)cc1)C(=O)O[C@H]1CCCC1=O. The lowest BCUT2D eigenvalue weighted by Gasteiger charge is -2.19. The summed E-state index contributed by atoms with van der Waals surface area (Å²) in [6.45, 7) is 0. The van der Waals surface area contributed by atoms with E-state index in [2.05, 4.69) is 5.32 Å². The topological polar surface area (TPSA) is 72.5 Å². The first-order valence-corrected chi connectivity index (χ1v) is 9.57. The fraction of sp³-hybridized carbons (Fsp3) is 0.471. The number of ether oxygens (including phenoxy) is 1. The second-order valence-electron chi connectivity index (χ2n) is 5.60. The number of carbonyl (C=O) groups excluding carboxylic acids is 3. The first-order valence-electron chi connectivity index (χ1n) is 7.80. The Balaban J connectivity index is 2.00. The number of ketones is 1. The smallest absolute Gasteiger partial charge is 0.329 e. The first-order chi connectivity index (χ1) is 11.5. The number of esters is 1. The molecule has 1 aliphatic rings. The molecule has 0 unspecified atom stereocenters. The molecule has 0 aromatic heterocycles. The molecule has 1 aliphatic carbocycles. The zero-order valence-corrected chi connectivity index (χ0v) is 15.0. The molecule has 0 saturated heterocycles. The molecule has 1 fully saturated rings. The van der Waals surface area contributed by atoms with Gasteiger partial charge in [0.1, 0.15) is 6.04 Å². The summed E-state index contributed by atoms with van der Waals surface area (Å²) in [5, 5.41) is 3.23. The minimum absolute atomic E-state index is 0.0454. The van der Waals surface area contributed by atoms with E-state index in [9.17, 15) is 14.4 Å². The molecular weight excluding hydrogens is 350 g/mol. The summed E-state index contributed by atoms with van der Waals surface area (Å²) in [5.41, 5.74) is 0.415. The molecule has 1 saturated carbocycles. The zero-order valence-electron chi connectivity index (χ0n) is 13.4. The molecule has 1 aromatic carbocycles. The second kappa shape index (κ2) is 9.08. The molecule has 1 N–H and O–H groups in total. The van der Waals surface area contributed by atoms with E-state index in [1.165, 1.54) is 0 Å². The maximum Gasteiger partial charge on any atom is 0.329 e. The average Bonchev–Trinajstić information content (AvgIpc) is 2.96. The monoisotopic (exact) mass is 369 g/mol. The summed E-state index contributed by atoms with van der Waals surface area (Å²) in [6, 6.07) is 5.64. The molecule has 0 heterocycles. The second-order valence-corrected chi connectivity index (χ2v) is 7.02. The Kier molecular flexibility index (Phi) is 7.12. The maximum absolute atomic E-state index is 12.4. The minimum Gasteiger partial charge on any atom is -0.453 e. The Hall–Kier alpha value is -1.53. The predicted octanol–water partition coefficient (Wildman–Crippen LogP) is 2.86. The quantitative estimate of drug-likeness (QED) is 0.748. The summed E-state index contributed by atoms with van der Waals surface area (Å²) in [5.74, 6) is -0.269. The number of benzene rings is 1. The molecule has 2 rings (SSSR count). The third-order valence-corrected chi connectivity index (χ3v) is 4.71. The summed E-state index contributed by atoms with van der Waals surface area (Å²) >= 11 is 7.38. The van der Waals surface area contributed by atoms with Crippen molar-refractivity contribution in [2.24, 2.45) is 0 Å². The van der Waals surface area contributed by atoms with E-state index in [0.717, 1.165) is 6.42 Å². The lowest BCUT2D eigenvalue weighted by molar-refractivity contribution is -0.155. The summed E-state index contributed by atoms with van der Waals surface area (Å²) in [4.78, 5) is 36.3. The van der Waals surface area contributed by atoms with Gasteiger partial charge in [-0.3, -0.25) is 9.59 Å². The van der Waals surface area contributed by atoms with Crippen molar-refractivity contribution in [2.75, 3.05) is 12.0 Å². The first kappa shape index (κ1) is 18.8. The predicted molar refractivity (Wildman–Crippen MR) is 94.4 cm³/mol. The highest BCUT2D eigenvalue weighted by atomic mass is 35.5. The highest BCUT2D eigenvalue weighted by Crippen LogP contribution is 2.19. The van der Waals surface area contributed by atoms with Crippen molar-refractivity contribution in [3.05, 3.63) is 34.9 Å². The molecule has 0 radical (unpaired) electrons. The van der Waals surface area contributed by atoms with Gasteiger partial charge in [-0.1, -0.05) is 11.6 Å². The molecule has 1 aromatic rings. The van der Waals surface area contributed by atoms with Gasteiger partial charge in [-0.25, -0.2) is 4.79 Å². The van der Waals surface area contributed by atoms with E-state index in [-0.39, 0.29) is 11.7 Å². The molecule has 24 heavy (non-hydrogen) atoms. The minimum atomic E-state index is -0.769. The number of nitrogens with one attached hydrogen (secondary N) is 1. The molecule has 2 atom stereocenters. The maximum atomic E-state index is 12.4. The Labute approximate surface area is 150 Å². The van der Waals surface area contributed by atoms with Gasteiger partial charge in [0.05, 0.1) is 0 Å². The lowest BCUT2D eigenvalue weighted by Crippen LogP contribution is -2.43. The van der Waals surface area contributed by atoms with Crippen LogP contribution in [0.15, 0.2) is 24.3 Å². The van der Waals surface area contributed by atoms with Crippen LogP contribution in [0.25, 0.3) is 0 Å². The number of carbonyl (C=O) groups is 3. The number of thioether (sulfide) groups is 1. The zero-order chi connectivity index (χ0) is 17.5. The number of rotatable bonds is 7. The normalized spacial score (nSPS) is 18.2. The molecule has 5 nitrogen and oxygen atoms in total. The van der Waals surface area contributed by atoms with Crippen molar-refractivity contribution in [3.63, 3.8) is 0 Å². The van der Waals surface area contributed by atoms with Gasteiger partial charge in [0.25, 0.3) is 5.91 Å². The van der Waals surface area contributed by atoms with Crippen LogP contribution in [-0.4, -0.2) is 41.8 Å². The summed E-state index contributed by atoms with van der Waals surface area (Å²) < 4.78 is 5.31. The fourth-order valence-electron chi connectivity index (χ4n) is 2.46. The van der Waals surface area contributed by atoms with Crippen LogP contribution in [0.2, 0.25) is 5.02 Å². The van der Waals surface area contributed by atoms with Crippen molar-refractivity contribution in [1.29, 1.82) is 0 Å². The molecule has 0 spiro atoms. The van der Waals surface area contributed by atoms with E-state index >= 15 is 0 Å². The van der Waals surface area contributed by atoms with Crippen LogP contribution in [0.1, 0.15) is 36.0 Å².